The second-order valence-corrected chi connectivity index (χ2v) is 6.94. The van der Waals surface area contributed by atoms with E-state index in [1.807, 2.05) is 6.92 Å². The van der Waals surface area contributed by atoms with Crippen LogP contribution in [0.1, 0.15) is 11.3 Å². The van der Waals surface area contributed by atoms with Gasteiger partial charge in [-0.15, -0.1) is 11.3 Å². The number of aryl methyl sites for hydroxylation is 1. The van der Waals surface area contributed by atoms with E-state index in [0.717, 1.165) is 4.88 Å². The first-order valence-corrected chi connectivity index (χ1v) is 7.49. The summed E-state index contributed by atoms with van der Waals surface area (Å²) < 4.78 is 31.0. The van der Waals surface area contributed by atoms with Crippen LogP contribution in [0.25, 0.3) is 0 Å². The second-order valence-electron chi connectivity index (χ2n) is 3.66. The molecule has 1 aromatic heterocycles. The van der Waals surface area contributed by atoms with E-state index in [4.69, 9.17) is 4.74 Å². The van der Waals surface area contributed by atoms with Gasteiger partial charge < -0.3 is 9.84 Å². The molecule has 1 unspecified atom stereocenters. The summed E-state index contributed by atoms with van der Waals surface area (Å²) in [7, 11) is -1.95. The molecule has 0 aliphatic rings. The highest BCUT2D eigenvalue weighted by Crippen LogP contribution is 2.20. The van der Waals surface area contributed by atoms with Crippen molar-refractivity contribution in [3.05, 3.63) is 17.0 Å². The van der Waals surface area contributed by atoms with E-state index in [-0.39, 0.29) is 13.2 Å². The Morgan fingerprint density at radius 3 is 2.76 bits per heavy atom. The van der Waals surface area contributed by atoms with Crippen molar-refractivity contribution in [2.24, 2.45) is 0 Å². The molecule has 7 heteroatoms. The number of hydrogen-bond donors (Lipinski definition) is 2. The van der Waals surface area contributed by atoms with Crippen molar-refractivity contribution in [2.75, 3.05) is 20.3 Å². The molecule has 0 aliphatic carbocycles. The normalized spacial score (nSPS) is 13.8. The van der Waals surface area contributed by atoms with Crippen LogP contribution in [0.15, 0.2) is 16.3 Å². The molecule has 0 spiro atoms. The summed E-state index contributed by atoms with van der Waals surface area (Å²) in [6.45, 7) is 2.26. The Morgan fingerprint density at radius 1 is 1.53 bits per heavy atom. The van der Waals surface area contributed by atoms with Crippen LogP contribution in [-0.4, -0.2) is 39.9 Å². The molecule has 0 radical (unpaired) electrons. The SMILES string of the molecule is COCC(O)CCNS(=O)(=O)c1ccc(C)s1. The molecule has 1 rings (SSSR count). The van der Waals surface area contributed by atoms with E-state index in [1.165, 1.54) is 18.4 Å². The van der Waals surface area contributed by atoms with Gasteiger partial charge in [-0.25, -0.2) is 13.1 Å². The van der Waals surface area contributed by atoms with Gasteiger partial charge in [0.2, 0.25) is 10.0 Å². The van der Waals surface area contributed by atoms with Crippen LogP contribution in [-0.2, 0) is 14.8 Å². The summed E-state index contributed by atoms with van der Waals surface area (Å²) in [5.74, 6) is 0. The Balaban J connectivity index is 2.46. The maximum Gasteiger partial charge on any atom is 0.250 e. The predicted octanol–water partition coefficient (Wildman–Crippen LogP) is 0.732. The number of rotatable bonds is 7. The Bertz CT molecular complexity index is 441. The Kier molecular flexibility index (Phi) is 5.54. The molecule has 0 fully saturated rings. The van der Waals surface area contributed by atoms with Gasteiger partial charge in [0, 0.05) is 18.5 Å². The van der Waals surface area contributed by atoms with E-state index in [1.54, 1.807) is 12.1 Å². The highest BCUT2D eigenvalue weighted by Gasteiger charge is 2.16. The first-order chi connectivity index (χ1) is 7.95. The number of aliphatic hydroxyl groups is 1. The zero-order chi connectivity index (χ0) is 12.9. The number of aliphatic hydroxyl groups excluding tert-OH is 1. The van der Waals surface area contributed by atoms with Crippen molar-refractivity contribution >= 4 is 21.4 Å². The highest BCUT2D eigenvalue weighted by atomic mass is 32.2. The van der Waals surface area contributed by atoms with Gasteiger partial charge >= 0.3 is 0 Å². The van der Waals surface area contributed by atoms with Gasteiger partial charge in [0.1, 0.15) is 4.21 Å². The highest BCUT2D eigenvalue weighted by molar-refractivity contribution is 7.91. The zero-order valence-corrected chi connectivity index (χ0v) is 11.5. The third-order valence-corrected chi connectivity index (χ3v) is 5.06. The Labute approximate surface area is 105 Å². The molecule has 0 saturated heterocycles. The lowest BCUT2D eigenvalue weighted by atomic mass is 10.3. The molecule has 2 N–H and O–H groups in total. The monoisotopic (exact) mass is 279 g/mol. The summed E-state index contributed by atoms with van der Waals surface area (Å²) in [5.41, 5.74) is 0. The van der Waals surface area contributed by atoms with Gasteiger partial charge in [0.05, 0.1) is 12.7 Å². The summed E-state index contributed by atoms with van der Waals surface area (Å²) in [6.07, 6.45) is -0.315. The topological polar surface area (TPSA) is 75.6 Å². The maximum absolute atomic E-state index is 11.8. The van der Waals surface area contributed by atoms with Crippen molar-refractivity contribution in [1.29, 1.82) is 0 Å². The summed E-state index contributed by atoms with van der Waals surface area (Å²) in [5, 5.41) is 9.36. The van der Waals surface area contributed by atoms with Gasteiger partial charge in [-0.1, -0.05) is 0 Å². The molecule has 5 nitrogen and oxygen atoms in total. The van der Waals surface area contributed by atoms with Crippen LogP contribution in [0, 0.1) is 6.92 Å². The number of sulfonamides is 1. The molecule has 17 heavy (non-hydrogen) atoms. The van der Waals surface area contributed by atoms with Crippen molar-refractivity contribution < 1.29 is 18.3 Å². The van der Waals surface area contributed by atoms with Crippen molar-refractivity contribution in [3.63, 3.8) is 0 Å². The quantitative estimate of drug-likeness (QED) is 0.771. The van der Waals surface area contributed by atoms with Crippen molar-refractivity contribution in [2.45, 2.75) is 23.7 Å². The molecule has 1 atom stereocenters. The van der Waals surface area contributed by atoms with Crippen LogP contribution in [0.3, 0.4) is 0 Å². The number of nitrogens with one attached hydrogen (secondary N) is 1. The van der Waals surface area contributed by atoms with Crippen LogP contribution >= 0.6 is 11.3 Å². The standard InChI is InChI=1S/C10H17NO4S2/c1-8-3-4-10(16-8)17(13,14)11-6-5-9(12)7-15-2/h3-4,9,11-12H,5-7H2,1-2H3. The lowest BCUT2D eigenvalue weighted by molar-refractivity contribution is 0.0603. The fourth-order valence-electron chi connectivity index (χ4n) is 1.26. The third-order valence-electron chi connectivity index (χ3n) is 2.11. The molecule has 0 aliphatic heterocycles. The summed E-state index contributed by atoms with van der Waals surface area (Å²) in [6, 6.07) is 3.34. The Morgan fingerprint density at radius 2 is 2.24 bits per heavy atom. The van der Waals surface area contributed by atoms with Gasteiger partial charge in [0.15, 0.2) is 0 Å². The summed E-state index contributed by atoms with van der Waals surface area (Å²) in [4.78, 5) is 0.949. The van der Waals surface area contributed by atoms with E-state index < -0.39 is 16.1 Å². The smallest absolute Gasteiger partial charge is 0.250 e. The number of hydrogen-bond acceptors (Lipinski definition) is 5. The lowest BCUT2D eigenvalue weighted by Gasteiger charge is -2.09. The fourth-order valence-corrected chi connectivity index (χ4v) is 3.64. The molecular formula is C10H17NO4S2. The fraction of sp³-hybridized carbons (Fsp3) is 0.600. The van der Waals surface area contributed by atoms with E-state index in [9.17, 15) is 13.5 Å². The molecule has 0 amide bonds. The minimum Gasteiger partial charge on any atom is -0.391 e. The summed E-state index contributed by atoms with van der Waals surface area (Å²) >= 11 is 1.23. The minimum atomic E-state index is -3.43. The maximum atomic E-state index is 11.8. The second kappa shape index (κ2) is 6.46. The first-order valence-electron chi connectivity index (χ1n) is 5.19. The lowest BCUT2D eigenvalue weighted by Crippen LogP contribution is -2.28. The molecule has 1 aromatic rings. The average molecular weight is 279 g/mol. The van der Waals surface area contributed by atoms with Crippen molar-refractivity contribution in [1.82, 2.24) is 4.72 Å². The van der Waals surface area contributed by atoms with E-state index in [2.05, 4.69) is 4.72 Å². The predicted molar refractivity (Wildman–Crippen MR) is 66.7 cm³/mol. The molecule has 0 saturated carbocycles. The molecule has 98 valence electrons. The van der Waals surface area contributed by atoms with Crippen LogP contribution in [0.5, 0.6) is 0 Å². The number of thiophene rings is 1. The van der Waals surface area contributed by atoms with Gasteiger partial charge in [-0.2, -0.15) is 0 Å². The molecule has 0 aromatic carbocycles. The number of methoxy groups -OCH3 is 1. The van der Waals surface area contributed by atoms with Crippen LogP contribution in [0.2, 0.25) is 0 Å². The average Bonchev–Trinajstić information content (AvgIpc) is 2.65. The minimum absolute atomic E-state index is 0.198. The molecular weight excluding hydrogens is 262 g/mol. The largest absolute Gasteiger partial charge is 0.391 e. The van der Waals surface area contributed by atoms with Gasteiger partial charge in [0.25, 0.3) is 0 Å². The zero-order valence-electron chi connectivity index (χ0n) is 9.84. The molecule has 1 heterocycles. The van der Waals surface area contributed by atoms with Gasteiger partial charge in [-0.05, 0) is 25.5 Å². The third kappa shape index (κ3) is 4.72. The van der Waals surface area contributed by atoms with Crippen LogP contribution in [0.4, 0.5) is 0 Å². The van der Waals surface area contributed by atoms with E-state index in [0.29, 0.717) is 10.6 Å². The van der Waals surface area contributed by atoms with Crippen LogP contribution < -0.4 is 4.72 Å². The van der Waals surface area contributed by atoms with E-state index >= 15 is 0 Å². The Hall–Kier alpha value is -0.470. The first kappa shape index (κ1) is 14.6. The van der Waals surface area contributed by atoms with Gasteiger partial charge in [-0.3, -0.25) is 0 Å². The molecule has 0 bridgehead atoms. The number of ether oxygens (including phenoxy) is 1. The van der Waals surface area contributed by atoms with Crippen molar-refractivity contribution in [3.8, 4) is 0 Å².